The molecule has 0 unspecified atom stereocenters. The van der Waals surface area contributed by atoms with E-state index in [4.69, 9.17) is 11.6 Å². The standard InChI is InChI=1S/C19H24ClN3O2S/c1-15-5-6-17(20)12-19(15)26(24,25)22-13-16-7-10-23(11-8-16)14-18-4-2-3-9-21-18/h2-6,9,12,16,22H,7-8,10-11,13-14H2,1H3. The third-order valence-corrected chi connectivity index (χ3v) is 6.62. The number of piperidine rings is 1. The lowest BCUT2D eigenvalue weighted by atomic mass is 9.97. The molecule has 1 saturated heterocycles. The van der Waals surface area contributed by atoms with Crippen molar-refractivity contribution in [2.45, 2.75) is 31.2 Å². The first-order valence-electron chi connectivity index (χ1n) is 8.82. The van der Waals surface area contributed by atoms with Gasteiger partial charge in [0, 0.05) is 24.3 Å². The van der Waals surface area contributed by atoms with E-state index in [-0.39, 0.29) is 4.90 Å². The Morgan fingerprint density at radius 1 is 1.23 bits per heavy atom. The van der Waals surface area contributed by atoms with Crippen molar-refractivity contribution < 1.29 is 8.42 Å². The van der Waals surface area contributed by atoms with Crippen LogP contribution in [0.1, 0.15) is 24.1 Å². The molecule has 0 atom stereocenters. The highest BCUT2D eigenvalue weighted by Crippen LogP contribution is 2.22. The smallest absolute Gasteiger partial charge is 0.240 e. The van der Waals surface area contributed by atoms with E-state index >= 15 is 0 Å². The highest BCUT2D eigenvalue weighted by molar-refractivity contribution is 7.89. The fraction of sp³-hybridized carbons (Fsp3) is 0.421. The molecule has 0 radical (unpaired) electrons. The van der Waals surface area contributed by atoms with Gasteiger partial charge in [-0.1, -0.05) is 23.7 Å². The summed E-state index contributed by atoms with van der Waals surface area (Å²) in [5.74, 6) is 0.351. The van der Waals surface area contributed by atoms with Gasteiger partial charge in [0.05, 0.1) is 10.6 Å². The third kappa shape index (κ3) is 5.04. The fourth-order valence-corrected chi connectivity index (χ4v) is 4.86. The van der Waals surface area contributed by atoms with Gasteiger partial charge in [-0.25, -0.2) is 13.1 Å². The number of rotatable bonds is 6. The lowest BCUT2D eigenvalue weighted by molar-refractivity contribution is 0.177. The molecule has 0 spiro atoms. The topological polar surface area (TPSA) is 62.3 Å². The van der Waals surface area contributed by atoms with Gasteiger partial charge in [0.1, 0.15) is 0 Å². The van der Waals surface area contributed by atoms with E-state index in [0.29, 0.717) is 23.0 Å². The van der Waals surface area contributed by atoms with Crippen LogP contribution in [0, 0.1) is 12.8 Å². The molecule has 140 valence electrons. The zero-order valence-corrected chi connectivity index (χ0v) is 16.4. The molecule has 26 heavy (non-hydrogen) atoms. The molecule has 3 rings (SSSR count). The van der Waals surface area contributed by atoms with Gasteiger partial charge in [-0.3, -0.25) is 9.88 Å². The highest BCUT2D eigenvalue weighted by Gasteiger charge is 2.23. The Morgan fingerprint density at radius 3 is 2.69 bits per heavy atom. The maximum Gasteiger partial charge on any atom is 0.240 e. The SMILES string of the molecule is Cc1ccc(Cl)cc1S(=O)(=O)NCC1CCN(Cc2ccccn2)CC1. The zero-order chi connectivity index (χ0) is 18.6. The average molecular weight is 394 g/mol. The minimum atomic E-state index is -3.53. The van der Waals surface area contributed by atoms with Gasteiger partial charge in [-0.05, 0) is 68.6 Å². The summed E-state index contributed by atoms with van der Waals surface area (Å²) in [5.41, 5.74) is 1.77. The van der Waals surface area contributed by atoms with Crippen molar-refractivity contribution in [1.29, 1.82) is 0 Å². The predicted molar refractivity (Wildman–Crippen MR) is 104 cm³/mol. The number of likely N-dealkylation sites (tertiary alicyclic amines) is 1. The molecule has 0 bridgehead atoms. The first kappa shape index (κ1) is 19.3. The van der Waals surface area contributed by atoms with Gasteiger partial charge in [0.25, 0.3) is 0 Å². The van der Waals surface area contributed by atoms with Crippen molar-refractivity contribution in [3.63, 3.8) is 0 Å². The minimum Gasteiger partial charge on any atom is -0.297 e. The molecule has 1 fully saturated rings. The molecule has 7 heteroatoms. The monoisotopic (exact) mass is 393 g/mol. The molecule has 2 heterocycles. The van der Waals surface area contributed by atoms with Crippen LogP contribution in [0.15, 0.2) is 47.5 Å². The number of nitrogens with one attached hydrogen (secondary N) is 1. The normalized spacial score (nSPS) is 16.7. The number of pyridine rings is 1. The number of hydrogen-bond donors (Lipinski definition) is 1. The van der Waals surface area contributed by atoms with Gasteiger partial charge in [0.2, 0.25) is 10.0 Å². The van der Waals surface area contributed by atoms with Crippen molar-refractivity contribution >= 4 is 21.6 Å². The fourth-order valence-electron chi connectivity index (χ4n) is 3.24. The molecule has 1 aliphatic heterocycles. The lowest BCUT2D eigenvalue weighted by Gasteiger charge is -2.31. The Balaban J connectivity index is 1.51. The molecule has 5 nitrogen and oxygen atoms in total. The van der Waals surface area contributed by atoms with Gasteiger partial charge in [0.15, 0.2) is 0 Å². The van der Waals surface area contributed by atoms with Crippen LogP contribution in [0.25, 0.3) is 0 Å². The summed E-state index contributed by atoms with van der Waals surface area (Å²) in [5, 5.41) is 0.429. The van der Waals surface area contributed by atoms with Crippen LogP contribution >= 0.6 is 11.6 Å². The van der Waals surface area contributed by atoms with E-state index in [0.717, 1.165) is 38.2 Å². The number of halogens is 1. The molecule has 2 aromatic rings. The first-order valence-corrected chi connectivity index (χ1v) is 10.7. The summed E-state index contributed by atoms with van der Waals surface area (Å²) in [6.07, 6.45) is 3.77. The number of sulfonamides is 1. The van der Waals surface area contributed by atoms with Crippen molar-refractivity contribution in [3.05, 3.63) is 58.9 Å². The Morgan fingerprint density at radius 2 is 2.00 bits per heavy atom. The van der Waals surface area contributed by atoms with E-state index in [1.165, 1.54) is 6.07 Å². The maximum absolute atomic E-state index is 12.6. The van der Waals surface area contributed by atoms with Crippen LogP contribution < -0.4 is 4.72 Å². The number of aryl methyl sites for hydroxylation is 1. The molecule has 0 aliphatic carbocycles. The van der Waals surface area contributed by atoms with Gasteiger partial charge >= 0.3 is 0 Å². The van der Waals surface area contributed by atoms with Gasteiger partial charge in [-0.15, -0.1) is 0 Å². The van der Waals surface area contributed by atoms with Crippen molar-refractivity contribution in [2.24, 2.45) is 5.92 Å². The molecule has 0 saturated carbocycles. The highest BCUT2D eigenvalue weighted by atomic mass is 35.5. The molecular weight excluding hydrogens is 370 g/mol. The zero-order valence-electron chi connectivity index (χ0n) is 14.9. The van der Waals surface area contributed by atoms with E-state index in [9.17, 15) is 8.42 Å². The number of benzene rings is 1. The summed E-state index contributed by atoms with van der Waals surface area (Å²) >= 11 is 5.95. The van der Waals surface area contributed by atoms with Crippen LogP contribution in [0.3, 0.4) is 0 Å². The quantitative estimate of drug-likeness (QED) is 0.818. The van der Waals surface area contributed by atoms with Crippen LogP contribution in [0.2, 0.25) is 5.02 Å². The molecule has 1 aromatic carbocycles. The van der Waals surface area contributed by atoms with E-state index < -0.39 is 10.0 Å². The summed E-state index contributed by atoms with van der Waals surface area (Å²) < 4.78 is 27.9. The Bertz CT molecular complexity index is 835. The van der Waals surface area contributed by atoms with E-state index in [1.807, 2.05) is 24.4 Å². The van der Waals surface area contributed by atoms with Crippen molar-refractivity contribution in [2.75, 3.05) is 19.6 Å². The molecule has 1 N–H and O–H groups in total. The molecule has 1 aliphatic rings. The molecule has 1 aromatic heterocycles. The van der Waals surface area contributed by atoms with Crippen molar-refractivity contribution in [1.82, 2.24) is 14.6 Å². The molecular formula is C19H24ClN3O2S. The van der Waals surface area contributed by atoms with Crippen LogP contribution in [-0.2, 0) is 16.6 Å². The lowest BCUT2D eigenvalue weighted by Crippen LogP contribution is -2.38. The second-order valence-electron chi connectivity index (χ2n) is 6.80. The van der Waals surface area contributed by atoms with Crippen LogP contribution in [0.4, 0.5) is 0 Å². The number of aromatic nitrogens is 1. The Labute approximate surface area is 160 Å². The van der Waals surface area contributed by atoms with Crippen LogP contribution in [-0.4, -0.2) is 37.9 Å². The number of nitrogens with zero attached hydrogens (tertiary/aromatic N) is 2. The Kier molecular flexibility index (Phi) is 6.29. The largest absolute Gasteiger partial charge is 0.297 e. The van der Waals surface area contributed by atoms with Crippen molar-refractivity contribution in [3.8, 4) is 0 Å². The molecule has 0 amide bonds. The second-order valence-corrected chi connectivity index (χ2v) is 8.97. The maximum atomic E-state index is 12.6. The van der Waals surface area contributed by atoms with Gasteiger partial charge in [-0.2, -0.15) is 0 Å². The predicted octanol–water partition coefficient (Wildman–Crippen LogP) is 3.23. The summed E-state index contributed by atoms with van der Waals surface area (Å²) in [4.78, 5) is 7.00. The van der Waals surface area contributed by atoms with Crippen LogP contribution in [0.5, 0.6) is 0 Å². The summed E-state index contributed by atoms with van der Waals surface area (Å²) in [6.45, 7) is 5.01. The third-order valence-electron chi connectivity index (χ3n) is 4.82. The minimum absolute atomic E-state index is 0.262. The van der Waals surface area contributed by atoms with Gasteiger partial charge < -0.3 is 0 Å². The number of hydrogen-bond acceptors (Lipinski definition) is 4. The summed E-state index contributed by atoms with van der Waals surface area (Å²) in [7, 11) is -3.53. The average Bonchev–Trinajstić information content (AvgIpc) is 2.64. The summed E-state index contributed by atoms with van der Waals surface area (Å²) in [6, 6.07) is 10.9. The first-order chi connectivity index (χ1) is 12.4. The second kappa shape index (κ2) is 8.48. The Hall–Kier alpha value is -1.47. The van der Waals surface area contributed by atoms with E-state index in [2.05, 4.69) is 14.6 Å². The van der Waals surface area contributed by atoms with E-state index in [1.54, 1.807) is 19.1 Å².